The molecule has 1 saturated carbocycles. The Kier molecular flexibility index (Phi) is 3.99. The van der Waals surface area contributed by atoms with Crippen LogP contribution in [0.1, 0.15) is 38.2 Å². The van der Waals surface area contributed by atoms with Crippen LogP contribution in [0.3, 0.4) is 0 Å². The van der Waals surface area contributed by atoms with Gasteiger partial charge in [0, 0.05) is 23.7 Å². The van der Waals surface area contributed by atoms with Gasteiger partial charge in [0.1, 0.15) is 0 Å². The number of nitrogens with zero attached hydrogens (tertiary/aromatic N) is 2. The topological polar surface area (TPSA) is 98.3 Å². The van der Waals surface area contributed by atoms with E-state index in [1.807, 2.05) is 0 Å². The molecule has 1 aliphatic rings. The van der Waals surface area contributed by atoms with Crippen LogP contribution in [0.4, 0.5) is 11.4 Å². The molecule has 0 unspecified atom stereocenters. The second-order valence-corrected chi connectivity index (χ2v) is 5.17. The molecule has 0 atom stereocenters. The van der Waals surface area contributed by atoms with Gasteiger partial charge in [0.25, 0.3) is 11.4 Å². The van der Waals surface area contributed by atoms with Crippen LogP contribution in [0.5, 0.6) is 0 Å². The molecule has 0 aromatic heterocycles. The predicted octanol–water partition coefficient (Wildman–Crippen LogP) is 2.93. The Morgan fingerprint density at radius 3 is 2.40 bits per heavy atom. The normalized spacial score (nSPS) is 16.4. The molecule has 2 rings (SSSR count). The smallest absolute Gasteiger partial charge is 0.280 e. The van der Waals surface area contributed by atoms with E-state index < -0.39 is 9.85 Å². The van der Waals surface area contributed by atoms with Gasteiger partial charge in [0.05, 0.1) is 15.9 Å². The number of nitro benzene ring substituents is 2. The third-order valence-corrected chi connectivity index (χ3v) is 4.12. The Bertz CT molecular complexity index is 535. The molecular formula is C13H17N3O4. The highest BCUT2D eigenvalue weighted by Gasteiger charge is 2.34. The second-order valence-electron chi connectivity index (χ2n) is 5.17. The number of hydrogen-bond donors (Lipinski definition) is 1. The van der Waals surface area contributed by atoms with Crippen molar-refractivity contribution >= 4 is 11.4 Å². The van der Waals surface area contributed by atoms with Gasteiger partial charge >= 0.3 is 0 Å². The van der Waals surface area contributed by atoms with E-state index in [0.29, 0.717) is 12.1 Å². The highest BCUT2D eigenvalue weighted by atomic mass is 16.6. The van der Waals surface area contributed by atoms with Gasteiger partial charge in [-0.3, -0.25) is 20.2 Å². The second kappa shape index (κ2) is 5.54. The van der Waals surface area contributed by atoms with E-state index in [4.69, 9.17) is 0 Å². The third-order valence-electron chi connectivity index (χ3n) is 4.12. The van der Waals surface area contributed by atoms with Crippen molar-refractivity contribution in [3.8, 4) is 0 Å². The van der Waals surface area contributed by atoms with Gasteiger partial charge in [-0.2, -0.15) is 0 Å². The van der Waals surface area contributed by atoms with Gasteiger partial charge in [0.2, 0.25) is 0 Å². The van der Waals surface area contributed by atoms with Gasteiger partial charge in [-0.1, -0.05) is 6.92 Å². The molecular weight excluding hydrogens is 262 g/mol. The van der Waals surface area contributed by atoms with Gasteiger partial charge in [0.15, 0.2) is 0 Å². The minimum absolute atomic E-state index is 0.0790. The Morgan fingerprint density at radius 1 is 1.25 bits per heavy atom. The molecule has 1 aromatic rings. The largest absolute Gasteiger partial charge is 0.307 e. The summed E-state index contributed by atoms with van der Waals surface area (Å²) in [7, 11) is 0. The fourth-order valence-corrected chi connectivity index (χ4v) is 2.53. The number of nitrogens with one attached hydrogen (secondary N) is 1. The Morgan fingerprint density at radius 2 is 1.95 bits per heavy atom. The van der Waals surface area contributed by atoms with Crippen LogP contribution in [0.15, 0.2) is 18.2 Å². The van der Waals surface area contributed by atoms with E-state index in [9.17, 15) is 20.2 Å². The summed E-state index contributed by atoms with van der Waals surface area (Å²) < 4.78 is 0. The summed E-state index contributed by atoms with van der Waals surface area (Å²) in [5.41, 5.74) is 0.113. The fraction of sp³-hybridized carbons (Fsp3) is 0.538. The maximum absolute atomic E-state index is 11.0. The van der Waals surface area contributed by atoms with Crippen LogP contribution in [-0.2, 0) is 6.54 Å². The first-order valence-corrected chi connectivity index (χ1v) is 6.64. The maximum Gasteiger partial charge on any atom is 0.280 e. The van der Waals surface area contributed by atoms with Gasteiger partial charge in [-0.05, 0) is 31.7 Å². The van der Waals surface area contributed by atoms with Crippen LogP contribution < -0.4 is 5.32 Å². The number of nitro groups is 2. The zero-order valence-corrected chi connectivity index (χ0v) is 11.3. The molecule has 1 fully saturated rings. The van der Waals surface area contributed by atoms with Crippen molar-refractivity contribution in [2.45, 2.75) is 44.7 Å². The van der Waals surface area contributed by atoms with Gasteiger partial charge in [-0.25, -0.2) is 0 Å². The van der Waals surface area contributed by atoms with Crippen molar-refractivity contribution in [2.75, 3.05) is 0 Å². The monoisotopic (exact) mass is 279 g/mol. The number of non-ortho nitro benzene ring substituents is 1. The summed E-state index contributed by atoms with van der Waals surface area (Å²) in [5, 5.41) is 25.1. The molecule has 0 aliphatic heterocycles. The van der Waals surface area contributed by atoms with Crippen LogP contribution in [0.2, 0.25) is 0 Å². The third kappa shape index (κ3) is 2.77. The van der Waals surface area contributed by atoms with Crippen molar-refractivity contribution < 1.29 is 9.85 Å². The molecule has 0 radical (unpaired) electrons. The van der Waals surface area contributed by atoms with Crippen LogP contribution in [0, 0.1) is 20.2 Å². The van der Waals surface area contributed by atoms with E-state index in [0.717, 1.165) is 25.3 Å². The van der Waals surface area contributed by atoms with Crippen molar-refractivity contribution in [3.63, 3.8) is 0 Å². The molecule has 1 aliphatic carbocycles. The van der Waals surface area contributed by atoms with E-state index in [1.165, 1.54) is 18.6 Å². The summed E-state index contributed by atoms with van der Waals surface area (Å²) in [6.45, 7) is 2.46. The van der Waals surface area contributed by atoms with Crippen molar-refractivity contribution in [1.29, 1.82) is 0 Å². The summed E-state index contributed by atoms with van der Waals surface area (Å²) in [4.78, 5) is 20.5. The summed E-state index contributed by atoms with van der Waals surface area (Å²) >= 11 is 0. The lowest BCUT2D eigenvalue weighted by atomic mass is 9.75. The quantitative estimate of drug-likeness (QED) is 0.637. The Balaban J connectivity index is 2.18. The van der Waals surface area contributed by atoms with E-state index in [-0.39, 0.29) is 16.9 Å². The summed E-state index contributed by atoms with van der Waals surface area (Å²) in [5.74, 6) is 0. The Hall–Kier alpha value is -2.02. The fourth-order valence-electron chi connectivity index (χ4n) is 2.53. The van der Waals surface area contributed by atoms with Crippen molar-refractivity contribution in [2.24, 2.45) is 0 Å². The average Bonchev–Trinajstić information content (AvgIpc) is 2.37. The summed E-state index contributed by atoms with van der Waals surface area (Å²) in [6, 6.07) is 3.80. The predicted molar refractivity (Wildman–Crippen MR) is 73.5 cm³/mol. The van der Waals surface area contributed by atoms with Crippen LogP contribution >= 0.6 is 0 Å². The molecule has 0 saturated heterocycles. The lowest BCUT2D eigenvalue weighted by Crippen LogP contribution is -2.49. The molecule has 20 heavy (non-hydrogen) atoms. The van der Waals surface area contributed by atoms with Crippen LogP contribution in [0.25, 0.3) is 0 Å². The molecule has 0 bridgehead atoms. The first kappa shape index (κ1) is 14.4. The molecule has 0 amide bonds. The van der Waals surface area contributed by atoms with Crippen LogP contribution in [-0.4, -0.2) is 15.4 Å². The molecule has 7 heteroatoms. The van der Waals surface area contributed by atoms with Crippen molar-refractivity contribution in [1.82, 2.24) is 5.32 Å². The standard InChI is InChI=1S/C13H17N3O4/c1-2-13(6-3-7-13)14-9-10-4-5-11(15(17)18)8-12(10)16(19)20/h4-5,8,14H,2-3,6-7,9H2,1H3. The lowest BCUT2D eigenvalue weighted by molar-refractivity contribution is -0.394. The zero-order valence-electron chi connectivity index (χ0n) is 11.3. The molecule has 7 nitrogen and oxygen atoms in total. The SMILES string of the molecule is CCC1(NCc2ccc([N+](=O)[O-])cc2[N+](=O)[O-])CCC1. The number of hydrogen-bond acceptors (Lipinski definition) is 5. The minimum atomic E-state index is -0.621. The van der Waals surface area contributed by atoms with Crippen molar-refractivity contribution in [3.05, 3.63) is 44.0 Å². The van der Waals surface area contributed by atoms with E-state index >= 15 is 0 Å². The first-order valence-electron chi connectivity index (χ1n) is 6.64. The minimum Gasteiger partial charge on any atom is -0.307 e. The number of rotatable bonds is 6. The lowest BCUT2D eigenvalue weighted by Gasteiger charge is -2.42. The highest BCUT2D eigenvalue weighted by molar-refractivity contribution is 5.49. The zero-order chi connectivity index (χ0) is 14.8. The first-order chi connectivity index (χ1) is 9.47. The molecule has 0 spiro atoms. The van der Waals surface area contributed by atoms with E-state index in [2.05, 4.69) is 12.2 Å². The molecule has 108 valence electrons. The highest BCUT2D eigenvalue weighted by Crippen LogP contribution is 2.35. The molecule has 1 N–H and O–H groups in total. The maximum atomic E-state index is 11.0. The Labute approximate surface area is 116 Å². The average molecular weight is 279 g/mol. The molecule has 0 heterocycles. The molecule has 1 aromatic carbocycles. The number of benzene rings is 1. The van der Waals surface area contributed by atoms with E-state index in [1.54, 1.807) is 0 Å². The van der Waals surface area contributed by atoms with Gasteiger partial charge < -0.3 is 5.32 Å². The van der Waals surface area contributed by atoms with Gasteiger partial charge in [-0.15, -0.1) is 0 Å². The summed E-state index contributed by atoms with van der Waals surface area (Å²) in [6.07, 6.45) is 4.30.